The zero-order valence-electron chi connectivity index (χ0n) is 18.5. The third-order valence-corrected chi connectivity index (χ3v) is 5.41. The Morgan fingerprint density at radius 1 is 0.970 bits per heavy atom. The SMILES string of the molecule is COc1ccc(C(=O)N(CCCNc2cc(=O)oc3ccccc23)Cc2ccccc2)cc1. The summed E-state index contributed by atoms with van der Waals surface area (Å²) in [5.41, 5.74) is 2.58. The number of hydrogen-bond acceptors (Lipinski definition) is 5. The van der Waals surface area contributed by atoms with Crippen molar-refractivity contribution in [3.63, 3.8) is 0 Å². The van der Waals surface area contributed by atoms with E-state index in [1.54, 1.807) is 37.4 Å². The normalized spacial score (nSPS) is 10.7. The Balaban J connectivity index is 1.45. The molecule has 0 fully saturated rings. The van der Waals surface area contributed by atoms with Crippen LogP contribution in [0.1, 0.15) is 22.3 Å². The van der Waals surface area contributed by atoms with Crippen molar-refractivity contribution in [3.8, 4) is 5.75 Å². The molecule has 1 heterocycles. The van der Waals surface area contributed by atoms with Crippen molar-refractivity contribution in [2.45, 2.75) is 13.0 Å². The second kappa shape index (κ2) is 10.5. The lowest BCUT2D eigenvalue weighted by atomic mass is 10.1. The number of amides is 1. The third kappa shape index (κ3) is 5.60. The standard InChI is InChI=1S/C27H26N2O4/c1-32-22-14-12-21(13-15-22)27(31)29(19-20-8-3-2-4-9-20)17-7-16-28-24-18-26(30)33-25-11-6-5-10-23(24)25/h2-6,8-15,18,28H,7,16-17,19H2,1H3. The van der Waals surface area contributed by atoms with E-state index in [2.05, 4.69) is 5.32 Å². The van der Waals surface area contributed by atoms with Crippen molar-refractivity contribution >= 4 is 22.6 Å². The maximum Gasteiger partial charge on any atom is 0.338 e. The topological polar surface area (TPSA) is 71.8 Å². The minimum Gasteiger partial charge on any atom is -0.497 e. The summed E-state index contributed by atoms with van der Waals surface area (Å²) in [5.74, 6) is 0.678. The number of ether oxygens (including phenoxy) is 1. The largest absolute Gasteiger partial charge is 0.497 e. The number of anilines is 1. The van der Waals surface area contributed by atoms with E-state index >= 15 is 0 Å². The second-order valence-electron chi connectivity index (χ2n) is 7.70. The summed E-state index contributed by atoms with van der Waals surface area (Å²) in [4.78, 5) is 27.0. The van der Waals surface area contributed by atoms with Crippen molar-refractivity contribution in [2.75, 3.05) is 25.5 Å². The van der Waals surface area contributed by atoms with Gasteiger partial charge in [-0.25, -0.2) is 4.79 Å². The number of nitrogens with one attached hydrogen (secondary N) is 1. The number of carbonyl (C=O) groups is 1. The lowest BCUT2D eigenvalue weighted by Gasteiger charge is -2.23. The van der Waals surface area contributed by atoms with Gasteiger partial charge in [-0.2, -0.15) is 0 Å². The number of para-hydroxylation sites is 1. The number of fused-ring (bicyclic) bond motifs is 1. The summed E-state index contributed by atoms with van der Waals surface area (Å²) in [6, 6.07) is 26.0. The van der Waals surface area contributed by atoms with E-state index in [4.69, 9.17) is 9.15 Å². The molecule has 0 unspecified atom stereocenters. The predicted molar refractivity (Wildman–Crippen MR) is 130 cm³/mol. The molecule has 168 valence electrons. The number of methoxy groups -OCH3 is 1. The fraction of sp³-hybridized carbons (Fsp3) is 0.185. The van der Waals surface area contributed by atoms with E-state index in [-0.39, 0.29) is 5.91 Å². The molecule has 0 aliphatic heterocycles. The highest BCUT2D eigenvalue weighted by atomic mass is 16.5. The van der Waals surface area contributed by atoms with Crippen LogP contribution in [0.4, 0.5) is 5.69 Å². The van der Waals surface area contributed by atoms with E-state index in [1.165, 1.54) is 6.07 Å². The number of nitrogens with zero attached hydrogens (tertiary/aromatic N) is 1. The molecule has 1 aromatic heterocycles. The molecule has 0 spiro atoms. The van der Waals surface area contributed by atoms with Gasteiger partial charge in [0.25, 0.3) is 5.91 Å². The van der Waals surface area contributed by atoms with Crippen molar-refractivity contribution in [1.29, 1.82) is 0 Å². The molecular formula is C27H26N2O4. The Morgan fingerprint density at radius 2 is 1.70 bits per heavy atom. The molecule has 1 amide bonds. The van der Waals surface area contributed by atoms with Gasteiger partial charge in [-0.1, -0.05) is 42.5 Å². The zero-order valence-corrected chi connectivity index (χ0v) is 18.5. The van der Waals surface area contributed by atoms with Gasteiger partial charge in [0.1, 0.15) is 11.3 Å². The van der Waals surface area contributed by atoms with Crippen LogP contribution in [-0.2, 0) is 6.54 Å². The van der Waals surface area contributed by atoms with Gasteiger partial charge in [0.05, 0.1) is 12.8 Å². The van der Waals surface area contributed by atoms with Gasteiger partial charge in [-0.15, -0.1) is 0 Å². The average Bonchev–Trinajstić information content (AvgIpc) is 2.86. The average molecular weight is 443 g/mol. The van der Waals surface area contributed by atoms with E-state index in [0.29, 0.717) is 43.0 Å². The summed E-state index contributed by atoms with van der Waals surface area (Å²) >= 11 is 0. The lowest BCUT2D eigenvalue weighted by molar-refractivity contribution is 0.0742. The fourth-order valence-corrected chi connectivity index (χ4v) is 3.72. The second-order valence-corrected chi connectivity index (χ2v) is 7.70. The van der Waals surface area contributed by atoms with Crippen LogP contribution in [0.2, 0.25) is 0 Å². The van der Waals surface area contributed by atoms with Gasteiger partial charge in [0.15, 0.2) is 0 Å². The molecule has 0 aliphatic carbocycles. The minimum atomic E-state index is -0.392. The molecule has 0 saturated carbocycles. The summed E-state index contributed by atoms with van der Waals surface area (Å²) in [6.07, 6.45) is 0.712. The molecule has 4 aromatic rings. The Hall–Kier alpha value is -4.06. The number of benzene rings is 3. The van der Waals surface area contributed by atoms with Crippen LogP contribution in [0.3, 0.4) is 0 Å². The van der Waals surface area contributed by atoms with Gasteiger partial charge >= 0.3 is 5.63 Å². The first-order valence-corrected chi connectivity index (χ1v) is 10.9. The Morgan fingerprint density at radius 3 is 2.45 bits per heavy atom. The van der Waals surface area contributed by atoms with Crippen molar-refractivity contribution in [2.24, 2.45) is 0 Å². The van der Waals surface area contributed by atoms with Crippen LogP contribution in [0.15, 0.2) is 94.1 Å². The first-order valence-electron chi connectivity index (χ1n) is 10.9. The molecule has 0 bridgehead atoms. The van der Waals surface area contributed by atoms with Crippen LogP contribution < -0.4 is 15.7 Å². The van der Waals surface area contributed by atoms with Crippen LogP contribution >= 0.6 is 0 Å². The minimum absolute atomic E-state index is 0.0349. The maximum absolute atomic E-state index is 13.2. The molecule has 33 heavy (non-hydrogen) atoms. The monoisotopic (exact) mass is 442 g/mol. The van der Waals surface area contributed by atoms with E-state index in [9.17, 15) is 9.59 Å². The van der Waals surface area contributed by atoms with Crippen LogP contribution in [0.5, 0.6) is 5.75 Å². The third-order valence-electron chi connectivity index (χ3n) is 5.41. The highest BCUT2D eigenvalue weighted by Gasteiger charge is 2.16. The molecule has 3 aromatic carbocycles. The van der Waals surface area contributed by atoms with E-state index in [0.717, 1.165) is 16.6 Å². The van der Waals surface area contributed by atoms with Gasteiger partial charge in [-0.05, 0) is 48.4 Å². The Kier molecular flexibility index (Phi) is 7.05. The maximum atomic E-state index is 13.2. The number of hydrogen-bond donors (Lipinski definition) is 1. The highest BCUT2D eigenvalue weighted by Crippen LogP contribution is 2.21. The molecule has 1 N–H and O–H groups in total. The van der Waals surface area contributed by atoms with Gasteiger partial charge < -0.3 is 19.4 Å². The fourth-order valence-electron chi connectivity index (χ4n) is 3.72. The van der Waals surface area contributed by atoms with E-state index in [1.807, 2.05) is 53.4 Å². The summed E-state index contributed by atoms with van der Waals surface area (Å²) in [7, 11) is 1.60. The van der Waals surface area contributed by atoms with Crippen LogP contribution in [0.25, 0.3) is 11.0 Å². The molecule has 0 saturated heterocycles. The molecule has 6 nitrogen and oxygen atoms in total. The summed E-state index contributed by atoms with van der Waals surface area (Å²) < 4.78 is 10.5. The highest BCUT2D eigenvalue weighted by molar-refractivity contribution is 5.94. The molecule has 4 rings (SSSR count). The van der Waals surface area contributed by atoms with Gasteiger partial charge in [0.2, 0.25) is 0 Å². The summed E-state index contributed by atoms with van der Waals surface area (Å²) in [6.45, 7) is 1.68. The van der Waals surface area contributed by atoms with Crippen molar-refractivity contribution in [1.82, 2.24) is 4.90 Å². The molecule has 0 radical (unpaired) electrons. The number of carbonyl (C=O) groups excluding carboxylic acids is 1. The molecule has 0 aliphatic rings. The predicted octanol–water partition coefficient (Wildman–Crippen LogP) is 4.95. The van der Waals surface area contributed by atoms with Gasteiger partial charge in [-0.3, -0.25) is 4.79 Å². The zero-order chi connectivity index (χ0) is 23.0. The van der Waals surface area contributed by atoms with Crippen molar-refractivity contribution < 1.29 is 13.9 Å². The Bertz CT molecular complexity index is 1270. The van der Waals surface area contributed by atoms with Crippen LogP contribution in [-0.4, -0.2) is 31.0 Å². The lowest BCUT2D eigenvalue weighted by Crippen LogP contribution is -2.32. The van der Waals surface area contributed by atoms with Gasteiger partial charge in [0, 0.05) is 36.7 Å². The molecule has 6 heteroatoms. The smallest absolute Gasteiger partial charge is 0.338 e. The first-order chi connectivity index (χ1) is 16.1. The van der Waals surface area contributed by atoms with Crippen molar-refractivity contribution in [3.05, 3.63) is 106 Å². The Labute approximate surface area is 192 Å². The van der Waals surface area contributed by atoms with E-state index < -0.39 is 5.63 Å². The molecular weight excluding hydrogens is 416 g/mol. The quantitative estimate of drug-likeness (QED) is 0.293. The summed E-state index contributed by atoms with van der Waals surface area (Å²) in [5, 5.41) is 4.18. The number of rotatable bonds is 9. The van der Waals surface area contributed by atoms with Crippen LogP contribution in [0, 0.1) is 0 Å². The molecule has 0 atom stereocenters. The first kappa shape index (κ1) is 22.1.